The largest absolute Gasteiger partial charge is 0.492 e. The van der Waals surface area contributed by atoms with Gasteiger partial charge in [0.15, 0.2) is 0 Å². The molecular weight excluding hydrogens is 257 g/mol. The lowest BCUT2D eigenvalue weighted by Gasteiger charge is -2.16. The summed E-state index contributed by atoms with van der Waals surface area (Å²) in [5, 5.41) is 8.95. The fourth-order valence-electron chi connectivity index (χ4n) is 1.89. The third-order valence-electron chi connectivity index (χ3n) is 2.81. The maximum absolute atomic E-state index is 12.7. The maximum Gasteiger partial charge on any atom is 0.416 e. The van der Waals surface area contributed by atoms with Gasteiger partial charge < -0.3 is 9.84 Å². The second kappa shape index (κ2) is 6.10. The predicted molar refractivity (Wildman–Crippen MR) is 67.3 cm³/mol. The number of alkyl halides is 3. The molecule has 0 bridgehead atoms. The third-order valence-corrected chi connectivity index (χ3v) is 2.81. The molecule has 2 nitrogen and oxygen atoms in total. The molecule has 2 atom stereocenters. The Hall–Kier alpha value is -1.49. The summed E-state index contributed by atoms with van der Waals surface area (Å²) in [5.74, 6) is 0.0106. The minimum absolute atomic E-state index is 0.265. The maximum atomic E-state index is 12.7. The van der Waals surface area contributed by atoms with Crippen LogP contribution in [0.4, 0.5) is 13.2 Å². The molecule has 0 fully saturated rings. The van der Waals surface area contributed by atoms with E-state index in [4.69, 9.17) is 9.84 Å². The lowest BCUT2D eigenvalue weighted by molar-refractivity contribution is -0.0882. The van der Waals surface area contributed by atoms with E-state index in [9.17, 15) is 13.2 Å². The van der Waals surface area contributed by atoms with Gasteiger partial charge in [-0.25, -0.2) is 0 Å². The minimum atomic E-state index is -4.42. The smallest absolute Gasteiger partial charge is 0.416 e. The number of aliphatic hydroxyl groups is 1. The van der Waals surface area contributed by atoms with Crippen LogP contribution in [0.3, 0.4) is 0 Å². The highest BCUT2D eigenvalue weighted by Crippen LogP contribution is 2.33. The van der Waals surface area contributed by atoms with Crippen LogP contribution in [0.5, 0.6) is 0 Å². The van der Waals surface area contributed by atoms with Crippen LogP contribution in [0.25, 0.3) is 0 Å². The number of hydrogen-bond donors (Lipinski definition) is 1. The van der Waals surface area contributed by atoms with Crippen LogP contribution in [-0.4, -0.2) is 24.0 Å². The second-order valence-electron chi connectivity index (χ2n) is 4.31. The van der Waals surface area contributed by atoms with E-state index in [0.717, 1.165) is 12.2 Å². The van der Waals surface area contributed by atoms with E-state index < -0.39 is 11.7 Å². The van der Waals surface area contributed by atoms with Gasteiger partial charge in [0.1, 0.15) is 18.5 Å². The number of allylic oxidation sites excluding steroid dienone is 4. The van der Waals surface area contributed by atoms with Gasteiger partial charge in [-0.15, -0.1) is 0 Å². The van der Waals surface area contributed by atoms with Crippen molar-refractivity contribution >= 4 is 0 Å². The van der Waals surface area contributed by atoms with Crippen molar-refractivity contribution in [3.8, 4) is 0 Å². The van der Waals surface area contributed by atoms with Gasteiger partial charge in [-0.1, -0.05) is 18.7 Å². The molecule has 0 aromatic heterocycles. The average Bonchev–Trinajstić information content (AvgIpc) is 2.68. The topological polar surface area (TPSA) is 29.5 Å². The van der Waals surface area contributed by atoms with Crippen molar-refractivity contribution in [2.75, 3.05) is 6.61 Å². The van der Waals surface area contributed by atoms with Gasteiger partial charge in [0.05, 0.1) is 5.57 Å². The number of ether oxygens (including phenoxy) is 1. The van der Waals surface area contributed by atoms with Crippen molar-refractivity contribution in [3.05, 3.63) is 47.8 Å². The summed E-state index contributed by atoms with van der Waals surface area (Å²) in [6.45, 7) is 6.66. The monoisotopic (exact) mass is 274 g/mol. The zero-order valence-electron chi connectivity index (χ0n) is 10.9. The van der Waals surface area contributed by atoms with E-state index in [1.54, 1.807) is 13.0 Å². The molecule has 0 spiro atoms. The zero-order chi connectivity index (χ0) is 14.6. The Morgan fingerprint density at radius 1 is 1.53 bits per heavy atom. The molecule has 1 aliphatic heterocycles. The molecule has 0 saturated carbocycles. The molecule has 19 heavy (non-hydrogen) atoms. The Morgan fingerprint density at radius 3 is 2.58 bits per heavy atom. The van der Waals surface area contributed by atoms with Crippen LogP contribution in [0, 0.1) is 5.92 Å². The van der Waals surface area contributed by atoms with Crippen molar-refractivity contribution < 1.29 is 23.0 Å². The van der Waals surface area contributed by atoms with Crippen molar-refractivity contribution in [1.82, 2.24) is 0 Å². The third kappa shape index (κ3) is 3.99. The molecule has 0 saturated heterocycles. The van der Waals surface area contributed by atoms with Gasteiger partial charge in [-0.05, 0) is 31.6 Å². The van der Waals surface area contributed by atoms with Crippen LogP contribution < -0.4 is 0 Å². The molecule has 0 radical (unpaired) electrons. The molecule has 1 N–H and O–H groups in total. The molecule has 0 aromatic carbocycles. The molecule has 1 aliphatic rings. The van der Waals surface area contributed by atoms with Crippen molar-refractivity contribution in [3.63, 3.8) is 0 Å². The Balaban J connectivity index is 2.97. The normalized spacial score (nSPS) is 24.5. The van der Waals surface area contributed by atoms with Crippen LogP contribution in [0.2, 0.25) is 0 Å². The summed E-state index contributed by atoms with van der Waals surface area (Å²) in [6.07, 6.45) is 0.209. The van der Waals surface area contributed by atoms with Gasteiger partial charge in [-0.3, -0.25) is 0 Å². The minimum Gasteiger partial charge on any atom is -0.492 e. The van der Waals surface area contributed by atoms with Crippen LogP contribution in [0.15, 0.2) is 47.8 Å². The first-order chi connectivity index (χ1) is 8.79. The SMILES string of the molecule is C=C(/C=C(\C=C/C)C(F)(F)F)C1C=C(CO)OC1C. The van der Waals surface area contributed by atoms with Gasteiger partial charge in [0, 0.05) is 5.92 Å². The van der Waals surface area contributed by atoms with Crippen molar-refractivity contribution in [1.29, 1.82) is 0 Å². The molecule has 0 amide bonds. The summed E-state index contributed by atoms with van der Waals surface area (Å²) in [6, 6.07) is 0. The first-order valence-electron chi connectivity index (χ1n) is 5.88. The summed E-state index contributed by atoms with van der Waals surface area (Å²) in [7, 11) is 0. The van der Waals surface area contributed by atoms with E-state index in [0.29, 0.717) is 11.3 Å². The van der Waals surface area contributed by atoms with Gasteiger partial charge in [0.25, 0.3) is 0 Å². The van der Waals surface area contributed by atoms with E-state index in [-0.39, 0.29) is 18.6 Å². The summed E-state index contributed by atoms with van der Waals surface area (Å²) < 4.78 is 43.5. The molecule has 2 unspecified atom stereocenters. The fourth-order valence-corrected chi connectivity index (χ4v) is 1.89. The number of aliphatic hydroxyl groups excluding tert-OH is 1. The fraction of sp³-hybridized carbons (Fsp3) is 0.429. The standard InChI is InChI=1S/C14H17F3O2/c1-4-5-11(14(15,16)17)6-9(2)13-7-12(8-18)19-10(13)3/h4-7,10,13,18H,2,8H2,1,3H3/b5-4-,11-6+. The Morgan fingerprint density at radius 2 is 2.16 bits per heavy atom. The van der Waals surface area contributed by atoms with E-state index in [2.05, 4.69) is 6.58 Å². The Kier molecular flexibility index (Phi) is 5.00. The summed E-state index contributed by atoms with van der Waals surface area (Å²) >= 11 is 0. The summed E-state index contributed by atoms with van der Waals surface area (Å²) in [5.41, 5.74) is -0.445. The highest BCUT2D eigenvalue weighted by Gasteiger charge is 2.33. The lowest BCUT2D eigenvalue weighted by Crippen LogP contribution is -2.15. The van der Waals surface area contributed by atoms with Crippen molar-refractivity contribution in [2.45, 2.75) is 26.1 Å². The molecule has 106 valence electrons. The second-order valence-corrected chi connectivity index (χ2v) is 4.31. The Bertz CT molecular complexity index is 430. The average molecular weight is 274 g/mol. The zero-order valence-corrected chi connectivity index (χ0v) is 10.9. The first kappa shape index (κ1) is 15.6. The lowest BCUT2D eigenvalue weighted by atomic mass is 9.94. The van der Waals surface area contributed by atoms with Gasteiger partial charge in [-0.2, -0.15) is 13.2 Å². The molecule has 0 aromatic rings. The van der Waals surface area contributed by atoms with Gasteiger partial charge >= 0.3 is 6.18 Å². The van der Waals surface area contributed by atoms with E-state index in [1.807, 2.05) is 0 Å². The van der Waals surface area contributed by atoms with Crippen molar-refractivity contribution in [2.24, 2.45) is 5.92 Å². The molecule has 1 heterocycles. The highest BCUT2D eigenvalue weighted by atomic mass is 19.4. The molecular formula is C14H17F3O2. The van der Waals surface area contributed by atoms with Crippen LogP contribution in [0.1, 0.15) is 13.8 Å². The quantitative estimate of drug-likeness (QED) is 0.795. The molecule has 0 aliphatic carbocycles. The van der Waals surface area contributed by atoms with Gasteiger partial charge in [0.2, 0.25) is 0 Å². The molecule has 1 rings (SSSR count). The first-order valence-corrected chi connectivity index (χ1v) is 5.88. The summed E-state index contributed by atoms with van der Waals surface area (Å²) in [4.78, 5) is 0. The number of rotatable bonds is 4. The van der Waals surface area contributed by atoms with E-state index >= 15 is 0 Å². The predicted octanol–water partition coefficient (Wildman–Crippen LogP) is 3.52. The van der Waals surface area contributed by atoms with Crippen LogP contribution in [-0.2, 0) is 4.74 Å². The Labute approximate surface area is 110 Å². The highest BCUT2D eigenvalue weighted by molar-refractivity contribution is 5.36. The van der Waals surface area contributed by atoms with Crippen LogP contribution >= 0.6 is 0 Å². The van der Waals surface area contributed by atoms with E-state index in [1.165, 1.54) is 13.0 Å². The number of hydrogen-bond acceptors (Lipinski definition) is 2. The molecule has 5 heteroatoms. The number of halogens is 3.